The molecule has 26 heavy (non-hydrogen) atoms. The van der Waals surface area contributed by atoms with Crippen molar-refractivity contribution in [2.45, 2.75) is 32.9 Å². The molecule has 5 heteroatoms. The van der Waals surface area contributed by atoms with E-state index in [9.17, 15) is 4.79 Å². The van der Waals surface area contributed by atoms with Gasteiger partial charge < -0.3 is 10.2 Å². The maximum atomic E-state index is 12.8. The first-order valence-electron chi connectivity index (χ1n) is 9.30. The van der Waals surface area contributed by atoms with Crippen molar-refractivity contribution < 1.29 is 4.79 Å². The summed E-state index contributed by atoms with van der Waals surface area (Å²) in [7, 11) is 2.17. The Bertz CT molecular complexity index is 736. The standard InChI is InChI=1S/C21H29N3OS/c1-15-7-8-18(14-16(15)2)21(25)22-17(3)20(19-6-5-13-26-19)24-11-9-23(4)10-12-24/h5-8,13-14,17,20H,9-12H2,1-4H3,(H,22,25)/t17-,20-/m0/s1. The average molecular weight is 372 g/mol. The van der Waals surface area contributed by atoms with Gasteiger partial charge in [-0.2, -0.15) is 0 Å². The number of hydrogen-bond donors (Lipinski definition) is 1. The SMILES string of the molecule is Cc1ccc(C(=O)N[C@@H](C)[C@@H](c2cccs2)N2CCN(C)CC2)cc1C. The van der Waals surface area contributed by atoms with Crippen LogP contribution in [0.4, 0.5) is 0 Å². The lowest BCUT2D eigenvalue weighted by molar-refractivity contribution is 0.0799. The number of nitrogens with one attached hydrogen (secondary N) is 1. The summed E-state index contributed by atoms with van der Waals surface area (Å²) >= 11 is 1.77. The second-order valence-corrected chi connectivity index (χ2v) is 8.34. The number of hydrogen-bond acceptors (Lipinski definition) is 4. The Labute approximate surface area is 160 Å². The molecule has 0 unspecified atom stereocenters. The molecule has 2 aromatic rings. The molecule has 4 nitrogen and oxygen atoms in total. The van der Waals surface area contributed by atoms with Gasteiger partial charge >= 0.3 is 0 Å². The third kappa shape index (κ3) is 4.34. The van der Waals surface area contributed by atoms with Crippen molar-refractivity contribution in [1.29, 1.82) is 0 Å². The van der Waals surface area contributed by atoms with Gasteiger partial charge in [0.15, 0.2) is 0 Å². The summed E-state index contributed by atoms with van der Waals surface area (Å²) in [6, 6.07) is 10.5. The Morgan fingerprint density at radius 2 is 1.85 bits per heavy atom. The molecule has 2 heterocycles. The Morgan fingerprint density at radius 3 is 2.46 bits per heavy atom. The van der Waals surface area contributed by atoms with Crippen molar-refractivity contribution in [3.8, 4) is 0 Å². The zero-order valence-corrected chi connectivity index (χ0v) is 17.0. The van der Waals surface area contributed by atoms with Crippen molar-refractivity contribution in [3.63, 3.8) is 0 Å². The fourth-order valence-electron chi connectivity index (χ4n) is 3.55. The molecule has 2 atom stereocenters. The fourth-order valence-corrected chi connectivity index (χ4v) is 4.52. The maximum Gasteiger partial charge on any atom is 0.251 e. The summed E-state index contributed by atoms with van der Waals surface area (Å²) in [5, 5.41) is 5.37. The third-order valence-corrected chi connectivity index (χ3v) is 6.31. The lowest BCUT2D eigenvalue weighted by Crippen LogP contribution is -2.51. The Morgan fingerprint density at radius 1 is 1.12 bits per heavy atom. The Balaban J connectivity index is 1.75. The topological polar surface area (TPSA) is 35.6 Å². The predicted octanol–water partition coefficient (Wildman–Crippen LogP) is 3.47. The molecule has 1 fully saturated rings. The van der Waals surface area contributed by atoms with E-state index in [1.807, 2.05) is 25.1 Å². The van der Waals surface area contributed by atoms with Crippen LogP contribution in [0, 0.1) is 13.8 Å². The van der Waals surface area contributed by atoms with E-state index in [1.54, 1.807) is 11.3 Å². The number of thiophene rings is 1. The lowest BCUT2D eigenvalue weighted by Gasteiger charge is -2.40. The predicted molar refractivity (Wildman–Crippen MR) is 109 cm³/mol. The molecule has 0 saturated carbocycles. The highest BCUT2D eigenvalue weighted by molar-refractivity contribution is 7.10. The van der Waals surface area contributed by atoms with Gasteiger partial charge in [0.2, 0.25) is 0 Å². The lowest BCUT2D eigenvalue weighted by atomic mass is 10.0. The van der Waals surface area contributed by atoms with E-state index in [1.165, 1.54) is 10.4 Å². The summed E-state index contributed by atoms with van der Waals surface area (Å²) in [5.41, 5.74) is 3.10. The van der Waals surface area contributed by atoms with E-state index < -0.39 is 0 Å². The number of piperazine rings is 1. The minimum absolute atomic E-state index is 0.0104. The largest absolute Gasteiger partial charge is 0.348 e. The van der Waals surface area contributed by atoms with Crippen LogP contribution in [-0.2, 0) is 0 Å². The molecule has 1 aromatic heterocycles. The highest BCUT2D eigenvalue weighted by atomic mass is 32.1. The molecule has 0 radical (unpaired) electrons. The molecule has 1 aromatic carbocycles. The van der Waals surface area contributed by atoms with Crippen LogP contribution < -0.4 is 5.32 Å². The smallest absolute Gasteiger partial charge is 0.251 e. The van der Waals surface area contributed by atoms with Gasteiger partial charge in [0.1, 0.15) is 0 Å². The van der Waals surface area contributed by atoms with Crippen molar-refractivity contribution >= 4 is 17.2 Å². The highest BCUT2D eigenvalue weighted by Gasteiger charge is 2.30. The van der Waals surface area contributed by atoms with Crippen molar-refractivity contribution in [1.82, 2.24) is 15.1 Å². The number of benzene rings is 1. The molecule has 1 N–H and O–H groups in total. The molecule has 0 aliphatic carbocycles. The van der Waals surface area contributed by atoms with Gasteiger partial charge in [-0.25, -0.2) is 0 Å². The summed E-state index contributed by atoms with van der Waals surface area (Å²) in [6.07, 6.45) is 0. The van der Waals surface area contributed by atoms with Crippen LogP contribution in [0.5, 0.6) is 0 Å². The van der Waals surface area contributed by atoms with Gasteiger partial charge in [0.05, 0.1) is 6.04 Å². The molecule has 1 saturated heterocycles. The van der Waals surface area contributed by atoms with Crippen molar-refractivity contribution in [2.75, 3.05) is 33.2 Å². The van der Waals surface area contributed by atoms with Gasteiger partial charge in [-0.1, -0.05) is 12.1 Å². The van der Waals surface area contributed by atoms with Crippen LogP contribution >= 0.6 is 11.3 Å². The number of carbonyl (C=O) groups excluding carboxylic acids is 1. The fraction of sp³-hybridized carbons (Fsp3) is 0.476. The van der Waals surface area contributed by atoms with E-state index >= 15 is 0 Å². The first-order valence-corrected chi connectivity index (χ1v) is 10.2. The van der Waals surface area contributed by atoms with Gasteiger partial charge in [-0.3, -0.25) is 9.69 Å². The van der Waals surface area contributed by atoms with Gasteiger partial charge in [0, 0.05) is 42.7 Å². The molecule has 1 aliphatic heterocycles. The monoisotopic (exact) mass is 371 g/mol. The molecule has 140 valence electrons. The number of likely N-dealkylation sites (N-methyl/N-ethyl adjacent to an activating group) is 1. The highest BCUT2D eigenvalue weighted by Crippen LogP contribution is 2.29. The Hall–Kier alpha value is -1.69. The van der Waals surface area contributed by atoms with E-state index in [-0.39, 0.29) is 18.0 Å². The molecular weight excluding hydrogens is 342 g/mol. The summed E-state index contributed by atoms with van der Waals surface area (Å²) in [5.74, 6) is 0.0104. The van der Waals surface area contributed by atoms with E-state index in [0.717, 1.165) is 37.3 Å². The van der Waals surface area contributed by atoms with Crippen LogP contribution in [0.2, 0.25) is 0 Å². The molecule has 0 spiro atoms. The van der Waals surface area contributed by atoms with Crippen molar-refractivity contribution in [2.24, 2.45) is 0 Å². The number of rotatable bonds is 5. The quantitative estimate of drug-likeness (QED) is 0.874. The number of amides is 1. The third-order valence-electron chi connectivity index (χ3n) is 5.37. The first-order chi connectivity index (χ1) is 12.5. The zero-order chi connectivity index (χ0) is 18.7. The number of aryl methyl sites for hydroxylation is 2. The summed E-state index contributed by atoms with van der Waals surface area (Å²) < 4.78 is 0. The summed E-state index contributed by atoms with van der Waals surface area (Å²) in [4.78, 5) is 19.0. The molecule has 0 bridgehead atoms. The Kier molecular flexibility index (Phi) is 6.12. The van der Waals surface area contributed by atoms with E-state index in [0.29, 0.717) is 0 Å². The van der Waals surface area contributed by atoms with Crippen LogP contribution in [0.1, 0.15) is 39.3 Å². The van der Waals surface area contributed by atoms with Crippen LogP contribution in [0.3, 0.4) is 0 Å². The second kappa shape index (κ2) is 8.33. The average Bonchev–Trinajstić information content (AvgIpc) is 3.13. The van der Waals surface area contributed by atoms with Gasteiger partial charge in [-0.05, 0) is 62.5 Å². The van der Waals surface area contributed by atoms with Crippen LogP contribution in [-0.4, -0.2) is 55.0 Å². The minimum atomic E-state index is 0.0104. The van der Waals surface area contributed by atoms with E-state index in [2.05, 4.69) is 53.5 Å². The van der Waals surface area contributed by atoms with Gasteiger partial charge in [0.25, 0.3) is 5.91 Å². The molecule has 1 amide bonds. The second-order valence-electron chi connectivity index (χ2n) is 7.36. The molecule has 3 rings (SSSR count). The molecule has 1 aliphatic rings. The maximum absolute atomic E-state index is 12.8. The van der Waals surface area contributed by atoms with E-state index in [4.69, 9.17) is 0 Å². The van der Waals surface area contributed by atoms with Crippen LogP contribution in [0.15, 0.2) is 35.7 Å². The van der Waals surface area contributed by atoms with Crippen LogP contribution in [0.25, 0.3) is 0 Å². The summed E-state index contributed by atoms with van der Waals surface area (Å²) in [6.45, 7) is 10.4. The van der Waals surface area contributed by atoms with Gasteiger partial charge in [-0.15, -0.1) is 11.3 Å². The number of carbonyl (C=O) groups is 1. The number of nitrogens with zero attached hydrogens (tertiary/aromatic N) is 2. The molecular formula is C21H29N3OS. The zero-order valence-electron chi connectivity index (χ0n) is 16.2. The minimum Gasteiger partial charge on any atom is -0.348 e. The normalized spacial score (nSPS) is 18.5. The van der Waals surface area contributed by atoms with Crippen molar-refractivity contribution in [3.05, 3.63) is 57.3 Å². The first kappa shape index (κ1) is 19.1.